The van der Waals surface area contributed by atoms with E-state index in [1.807, 2.05) is 0 Å². The molecule has 0 bridgehead atoms. The molecule has 2 atom stereocenters. The van der Waals surface area contributed by atoms with Gasteiger partial charge in [0, 0.05) is 12.1 Å². The Kier molecular flexibility index (Phi) is 1.84. The average molecular weight is 164 g/mol. The van der Waals surface area contributed by atoms with E-state index in [2.05, 4.69) is 17.9 Å². The maximum absolute atomic E-state index is 8.85. The lowest BCUT2D eigenvalue weighted by Gasteiger charge is -2.30. The van der Waals surface area contributed by atoms with Gasteiger partial charge in [-0.2, -0.15) is 5.26 Å². The highest BCUT2D eigenvalue weighted by atomic mass is 15.2. The molecule has 0 radical (unpaired) electrons. The summed E-state index contributed by atoms with van der Waals surface area (Å²) in [5.74, 6) is 0.310. The van der Waals surface area contributed by atoms with Gasteiger partial charge in [-0.15, -0.1) is 0 Å². The summed E-state index contributed by atoms with van der Waals surface area (Å²) < 4.78 is 0. The van der Waals surface area contributed by atoms with Gasteiger partial charge in [-0.05, 0) is 32.2 Å². The molecule has 0 amide bonds. The van der Waals surface area contributed by atoms with Crippen LogP contribution in [0.15, 0.2) is 0 Å². The fourth-order valence-electron chi connectivity index (χ4n) is 2.93. The fraction of sp³-hybridized carbons (Fsp3) is 0.900. The van der Waals surface area contributed by atoms with E-state index in [0.717, 1.165) is 13.0 Å². The number of hydrogen-bond acceptors (Lipinski definition) is 2. The van der Waals surface area contributed by atoms with Gasteiger partial charge < -0.3 is 0 Å². The highest BCUT2D eigenvalue weighted by Crippen LogP contribution is 2.43. The standard InChI is InChI=1S/C10H16N2/c1-2-10-4-3-5-12(10)8-9(6-10)7-11/h9H,2-6,8H2,1H3/t9?,10-/m0/s1. The van der Waals surface area contributed by atoms with Crippen molar-refractivity contribution < 1.29 is 0 Å². The first-order chi connectivity index (χ1) is 5.80. The summed E-state index contributed by atoms with van der Waals surface area (Å²) in [4.78, 5) is 2.54. The van der Waals surface area contributed by atoms with E-state index in [4.69, 9.17) is 5.26 Å². The zero-order chi connectivity index (χ0) is 8.60. The van der Waals surface area contributed by atoms with Crippen LogP contribution in [0.25, 0.3) is 0 Å². The fourth-order valence-corrected chi connectivity index (χ4v) is 2.93. The molecule has 2 heteroatoms. The number of hydrogen-bond donors (Lipinski definition) is 0. The lowest BCUT2D eigenvalue weighted by atomic mass is 9.88. The molecule has 0 aliphatic carbocycles. The third-order valence-electron chi connectivity index (χ3n) is 3.65. The van der Waals surface area contributed by atoms with Gasteiger partial charge >= 0.3 is 0 Å². The van der Waals surface area contributed by atoms with Crippen molar-refractivity contribution in [1.82, 2.24) is 4.90 Å². The maximum atomic E-state index is 8.85. The van der Waals surface area contributed by atoms with Gasteiger partial charge in [-0.1, -0.05) is 6.92 Å². The Morgan fingerprint density at radius 1 is 1.67 bits per heavy atom. The van der Waals surface area contributed by atoms with Gasteiger partial charge in [-0.25, -0.2) is 0 Å². The highest BCUT2D eigenvalue weighted by molar-refractivity contribution is 5.07. The lowest BCUT2D eigenvalue weighted by Crippen LogP contribution is -2.37. The summed E-state index contributed by atoms with van der Waals surface area (Å²) in [6.45, 7) is 4.52. The molecule has 2 heterocycles. The van der Waals surface area contributed by atoms with Crippen molar-refractivity contribution in [3.05, 3.63) is 0 Å². The van der Waals surface area contributed by atoms with Crippen molar-refractivity contribution in [2.75, 3.05) is 13.1 Å². The second kappa shape index (κ2) is 2.74. The van der Waals surface area contributed by atoms with E-state index < -0.39 is 0 Å². The molecule has 12 heavy (non-hydrogen) atoms. The molecule has 2 fully saturated rings. The van der Waals surface area contributed by atoms with Gasteiger partial charge in [0.05, 0.1) is 12.0 Å². The summed E-state index contributed by atoms with van der Waals surface area (Å²) >= 11 is 0. The van der Waals surface area contributed by atoms with Crippen molar-refractivity contribution in [2.24, 2.45) is 5.92 Å². The topological polar surface area (TPSA) is 27.0 Å². The molecule has 0 aromatic carbocycles. The number of rotatable bonds is 1. The molecular weight excluding hydrogens is 148 g/mol. The van der Waals surface area contributed by atoms with Crippen molar-refractivity contribution >= 4 is 0 Å². The van der Waals surface area contributed by atoms with Crippen LogP contribution in [-0.2, 0) is 0 Å². The molecule has 2 nitrogen and oxygen atoms in total. The van der Waals surface area contributed by atoms with Gasteiger partial charge in [0.1, 0.15) is 0 Å². The van der Waals surface area contributed by atoms with Crippen LogP contribution >= 0.6 is 0 Å². The molecule has 2 aliphatic rings. The predicted molar refractivity (Wildman–Crippen MR) is 47.5 cm³/mol. The van der Waals surface area contributed by atoms with Crippen LogP contribution in [-0.4, -0.2) is 23.5 Å². The molecule has 0 saturated carbocycles. The zero-order valence-electron chi connectivity index (χ0n) is 7.71. The van der Waals surface area contributed by atoms with Crippen molar-refractivity contribution in [3.8, 4) is 6.07 Å². The molecular formula is C10H16N2. The summed E-state index contributed by atoms with van der Waals surface area (Å²) in [6, 6.07) is 2.41. The first-order valence-corrected chi connectivity index (χ1v) is 4.95. The molecule has 2 rings (SSSR count). The van der Waals surface area contributed by atoms with Crippen LogP contribution in [0.2, 0.25) is 0 Å². The molecule has 0 spiro atoms. The van der Waals surface area contributed by atoms with E-state index >= 15 is 0 Å². The smallest absolute Gasteiger partial charge is 0.0670 e. The molecule has 0 N–H and O–H groups in total. The van der Waals surface area contributed by atoms with Crippen molar-refractivity contribution in [2.45, 2.75) is 38.1 Å². The Morgan fingerprint density at radius 2 is 2.50 bits per heavy atom. The van der Waals surface area contributed by atoms with Gasteiger partial charge in [0.15, 0.2) is 0 Å². The van der Waals surface area contributed by atoms with Gasteiger partial charge in [0.2, 0.25) is 0 Å². The maximum Gasteiger partial charge on any atom is 0.0670 e. The largest absolute Gasteiger partial charge is 0.296 e. The quantitative estimate of drug-likeness (QED) is 0.590. The van der Waals surface area contributed by atoms with Gasteiger partial charge in [0.25, 0.3) is 0 Å². The minimum atomic E-state index is 0.310. The van der Waals surface area contributed by atoms with Crippen LogP contribution in [0.4, 0.5) is 0 Å². The Bertz CT molecular complexity index is 218. The molecule has 66 valence electrons. The molecule has 1 unspecified atom stereocenters. The van der Waals surface area contributed by atoms with E-state index in [9.17, 15) is 0 Å². The normalized spacial score (nSPS) is 41.2. The van der Waals surface area contributed by atoms with Crippen LogP contribution in [0.5, 0.6) is 0 Å². The summed E-state index contributed by atoms with van der Waals surface area (Å²) in [5, 5.41) is 8.85. The Hall–Kier alpha value is -0.550. The van der Waals surface area contributed by atoms with Crippen molar-refractivity contribution in [1.29, 1.82) is 5.26 Å². The third kappa shape index (κ3) is 0.964. The summed E-state index contributed by atoms with van der Waals surface area (Å²) in [5.41, 5.74) is 0.431. The molecule has 2 aliphatic heterocycles. The predicted octanol–water partition coefficient (Wildman–Crippen LogP) is 1.77. The Labute approximate surface area is 74.2 Å². The summed E-state index contributed by atoms with van der Waals surface area (Å²) in [6.07, 6.45) is 5.01. The van der Waals surface area contributed by atoms with Gasteiger partial charge in [-0.3, -0.25) is 4.90 Å². The minimum absolute atomic E-state index is 0.310. The van der Waals surface area contributed by atoms with Crippen molar-refractivity contribution in [3.63, 3.8) is 0 Å². The average Bonchev–Trinajstić information content (AvgIpc) is 2.58. The number of nitriles is 1. The molecule has 0 aromatic rings. The Morgan fingerprint density at radius 3 is 3.08 bits per heavy atom. The molecule has 2 saturated heterocycles. The van der Waals surface area contributed by atoms with Crippen LogP contribution < -0.4 is 0 Å². The second-order valence-corrected chi connectivity index (χ2v) is 4.16. The summed E-state index contributed by atoms with van der Waals surface area (Å²) in [7, 11) is 0. The van der Waals surface area contributed by atoms with E-state index in [0.29, 0.717) is 11.5 Å². The van der Waals surface area contributed by atoms with Crippen LogP contribution in [0, 0.1) is 17.2 Å². The lowest BCUT2D eigenvalue weighted by molar-refractivity contribution is 0.189. The number of nitrogens with zero attached hydrogens (tertiary/aromatic N) is 2. The van der Waals surface area contributed by atoms with E-state index in [1.54, 1.807) is 0 Å². The van der Waals surface area contributed by atoms with Crippen LogP contribution in [0.3, 0.4) is 0 Å². The van der Waals surface area contributed by atoms with E-state index in [-0.39, 0.29) is 0 Å². The minimum Gasteiger partial charge on any atom is -0.296 e. The SMILES string of the molecule is CC[C@@]12CCCN1CC(C#N)C2. The monoisotopic (exact) mass is 164 g/mol. The molecule has 0 aromatic heterocycles. The second-order valence-electron chi connectivity index (χ2n) is 4.16. The number of fused-ring (bicyclic) bond motifs is 1. The zero-order valence-corrected chi connectivity index (χ0v) is 7.71. The first kappa shape index (κ1) is 8.07. The van der Waals surface area contributed by atoms with Crippen LogP contribution in [0.1, 0.15) is 32.6 Å². The van der Waals surface area contributed by atoms with E-state index in [1.165, 1.54) is 25.8 Å². The third-order valence-corrected chi connectivity index (χ3v) is 3.65. The Balaban J connectivity index is 2.15. The first-order valence-electron chi connectivity index (χ1n) is 4.95. The highest BCUT2D eigenvalue weighted by Gasteiger charge is 2.46.